The molecule has 0 atom stereocenters. The fourth-order valence-electron chi connectivity index (χ4n) is 4.21. The van der Waals surface area contributed by atoms with Gasteiger partial charge in [0.1, 0.15) is 11.6 Å². The van der Waals surface area contributed by atoms with Crippen molar-refractivity contribution in [2.24, 2.45) is 0 Å². The molecule has 2 aromatic carbocycles. The van der Waals surface area contributed by atoms with Gasteiger partial charge in [-0.15, -0.1) is 0 Å². The number of halogens is 1. The molecule has 2 N–H and O–H groups in total. The Labute approximate surface area is 191 Å². The zero-order valence-electron chi connectivity index (χ0n) is 18.3. The topological polar surface area (TPSA) is 76.9 Å². The number of piperidine rings is 1. The van der Waals surface area contributed by atoms with E-state index < -0.39 is 0 Å². The molecule has 1 fully saturated rings. The smallest absolute Gasteiger partial charge is 0.227 e. The van der Waals surface area contributed by atoms with Crippen molar-refractivity contribution < 1.29 is 9.13 Å². The molecule has 3 heterocycles. The number of hydrogen-bond donors (Lipinski definition) is 2. The molecule has 1 aliphatic rings. The van der Waals surface area contributed by atoms with E-state index >= 15 is 0 Å². The van der Waals surface area contributed by atoms with Crippen LogP contribution in [0.1, 0.15) is 18.9 Å². The van der Waals surface area contributed by atoms with Crippen LogP contribution in [0, 0.1) is 5.82 Å². The van der Waals surface area contributed by atoms with E-state index in [0.717, 1.165) is 54.3 Å². The third-order valence-corrected chi connectivity index (χ3v) is 5.87. The van der Waals surface area contributed by atoms with Crippen LogP contribution in [0.3, 0.4) is 0 Å². The fraction of sp³-hybridized carbons (Fsp3) is 0.240. The molecular weight excluding hydrogens is 419 g/mol. The highest BCUT2D eigenvalue weighted by molar-refractivity contribution is 5.77. The number of benzene rings is 2. The summed E-state index contributed by atoms with van der Waals surface area (Å²) in [5.41, 5.74) is 4.05. The van der Waals surface area contributed by atoms with E-state index in [-0.39, 0.29) is 5.82 Å². The third kappa shape index (κ3) is 4.42. The van der Waals surface area contributed by atoms with Crippen molar-refractivity contribution in [1.29, 1.82) is 0 Å². The molecule has 168 valence electrons. The summed E-state index contributed by atoms with van der Waals surface area (Å²) in [6.07, 6.45) is 5.61. The zero-order chi connectivity index (χ0) is 22.6. The number of imidazole rings is 1. The average Bonchev–Trinajstić information content (AvgIpc) is 3.31. The minimum Gasteiger partial charge on any atom is -0.495 e. The van der Waals surface area contributed by atoms with E-state index in [0.29, 0.717) is 17.7 Å². The summed E-state index contributed by atoms with van der Waals surface area (Å²) in [4.78, 5) is 14.0. The van der Waals surface area contributed by atoms with E-state index in [2.05, 4.69) is 20.2 Å². The lowest BCUT2D eigenvalue weighted by Gasteiger charge is -2.25. The Kier molecular flexibility index (Phi) is 5.99. The summed E-state index contributed by atoms with van der Waals surface area (Å²) in [7, 11) is 1.63. The van der Waals surface area contributed by atoms with Crippen molar-refractivity contribution in [2.45, 2.75) is 18.9 Å². The molecule has 4 aromatic rings. The Morgan fingerprint density at radius 1 is 1.03 bits per heavy atom. The molecule has 0 aliphatic carbocycles. The summed E-state index contributed by atoms with van der Waals surface area (Å²) in [5.74, 6) is 0.891. The van der Waals surface area contributed by atoms with E-state index in [9.17, 15) is 4.39 Å². The molecule has 7 nitrogen and oxygen atoms in total. The number of anilines is 2. The summed E-state index contributed by atoms with van der Waals surface area (Å²) in [6.45, 7) is 1.91. The minimum absolute atomic E-state index is 0.275. The second-order valence-corrected chi connectivity index (χ2v) is 7.93. The zero-order valence-corrected chi connectivity index (χ0v) is 18.3. The number of aromatic nitrogens is 4. The van der Waals surface area contributed by atoms with Crippen LogP contribution in [0.4, 0.5) is 16.0 Å². The Morgan fingerprint density at radius 3 is 2.61 bits per heavy atom. The van der Waals surface area contributed by atoms with Gasteiger partial charge in [-0.05, 0) is 68.4 Å². The summed E-state index contributed by atoms with van der Waals surface area (Å²) < 4.78 is 21.2. The van der Waals surface area contributed by atoms with Crippen molar-refractivity contribution in [2.75, 3.05) is 25.5 Å². The van der Waals surface area contributed by atoms with Crippen molar-refractivity contribution >= 4 is 11.6 Å². The monoisotopic (exact) mass is 444 g/mol. The van der Waals surface area contributed by atoms with Gasteiger partial charge in [-0.3, -0.25) is 0 Å². The molecular formula is C25H25FN6O. The van der Waals surface area contributed by atoms with Crippen molar-refractivity contribution in [3.8, 4) is 28.4 Å². The van der Waals surface area contributed by atoms with Crippen LogP contribution < -0.4 is 15.4 Å². The number of nitrogens with zero attached hydrogens (tertiary/aromatic N) is 4. The highest BCUT2D eigenvalue weighted by atomic mass is 19.1. The molecule has 0 saturated carbocycles. The lowest BCUT2D eigenvalue weighted by Crippen LogP contribution is -2.29. The molecule has 33 heavy (non-hydrogen) atoms. The van der Waals surface area contributed by atoms with Gasteiger partial charge in [0, 0.05) is 17.8 Å². The third-order valence-electron chi connectivity index (χ3n) is 5.87. The van der Waals surface area contributed by atoms with Crippen LogP contribution in [-0.2, 0) is 0 Å². The molecule has 1 aliphatic heterocycles. The minimum atomic E-state index is -0.275. The van der Waals surface area contributed by atoms with Crippen LogP contribution in [0.15, 0.2) is 67.1 Å². The second-order valence-electron chi connectivity index (χ2n) is 7.93. The second kappa shape index (κ2) is 9.38. The molecule has 1 saturated heterocycles. The first kappa shape index (κ1) is 21.1. The molecule has 2 aromatic heterocycles. The maximum atomic E-state index is 13.6. The van der Waals surface area contributed by atoms with Crippen LogP contribution >= 0.6 is 0 Å². The average molecular weight is 445 g/mol. The first-order valence-electron chi connectivity index (χ1n) is 11.0. The van der Waals surface area contributed by atoms with Gasteiger partial charge in [0.25, 0.3) is 0 Å². The molecule has 5 rings (SSSR count). The predicted octanol–water partition coefficient (Wildman–Crippen LogP) is 4.82. The van der Waals surface area contributed by atoms with Crippen LogP contribution in [0.25, 0.3) is 22.6 Å². The predicted molar refractivity (Wildman–Crippen MR) is 126 cm³/mol. The summed E-state index contributed by atoms with van der Waals surface area (Å²) in [6, 6.07) is 16.2. The molecule has 0 unspecified atom stereocenters. The number of rotatable bonds is 6. The molecule has 0 amide bonds. The van der Waals surface area contributed by atoms with Crippen LogP contribution in [-0.4, -0.2) is 39.7 Å². The van der Waals surface area contributed by atoms with E-state index in [4.69, 9.17) is 14.7 Å². The number of nitrogens with one attached hydrogen (secondary N) is 2. The SMILES string of the molecule is COc1ccccc1Nc1nccc(-c2c(-c3ccc(F)cc3)ncn2C2CCNCC2)n1. The Hall–Kier alpha value is -3.78. The van der Waals surface area contributed by atoms with E-state index in [1.807, 2.05) is 36.7 Å². The number of para-hydroxylation sites is 2. The van der Waals surface area contributed by atoms with Gasteiger partial charge < -0.3 is 19.9 Å². The van der Waals surface area contributed by atoms with E-state index in [1.54, 1.807) is 25.4 Å². The number of hydrogen-bond acceptors (Lipinski definition) is 6. The summed E-state index contributed by atoms with van der Waals surface area (Å²) >= 11 is 0. The Bertz CT molecular complexity index is 1230. The molecule has 8 heteroatoms. The van der Waals surface area contributed by atoms with Gasteiger partial charge in [0.05, 0.1) is 36.2 Å². The highest BCUT2D eigenvalue weighted by Gasteiger charge is 2.23. The van der Waals surface area contributed by atoms with Gasteiger partial charge in [-0.2, -0.15) is 0 Å². The Morgan fingerprint density at radius 2 is 1.82 bits per heavy atom. The number of ether oxygens (including phenoxy) is 1. The fourth-order valence-corrected chi connectivity index (χ4v) is 4.21. The lowest BCUT2D eigenvalue weighted by molar-refractivity contribution is 0.370. The summed E-state index contributed by atoms with van der Waals surface area (Å²) in [5, 5.41) is 6.67. The van der Waals surface area contributed by atoms with Crippen LogP contribution in [0.2, 0.25) is 0 Å². The largest absolute Gasteiger partial charge is 0.495 e. The molecule has 0 bridgehead atoms. The molecule has 0 spiro atoms. The van der Waals surface area contributed by atoms with Crippen LogP contribution in [0.5, 0.6) is 5.75 Å². The Balaban J connectivity index is 1.58. The highest BCUT2D eigenvalue weighted by Crippen LogP contribution is 2.35. The van der Waals surface area contributed by atoms with Crippen molar-refractivity contribution in [3.63, 3.8) is 0 Å². The quantitative estimate of drug-likeness (QED) is 0.444. The van der Waals surface area contributed by atoms with Gasteiger partial charge in [-0.25, -0.2) is 19.3 Å². The van der Waals surface area contributed by atoms with Gasteiger partial charge >= 0.3 is 0 Å². The van der Waals surface area contributed by atoms with Crippen molar-refractivity contribution in [3.05, 3.63) is 72.9 Å². The van der Waals surface area contributed by atoms with Gasteiger partial charge in [0.2, 0.25) is 5.95 Å². The van der Waals surface area contributed by atoms with Gasteiger partial charge in [-0.1, -0.05) is 12.1 Å². The number of methoxy groups -OCH3 is 1. The maximum absolute atomic E-state index is 13.6. The first-order valence-corrected chi connectivity index (χ1v) is 11.0. The normalized spacial score (nSPS) is 14.2. The van der Waals surface area contributed by atoms with E-state index in [1.165, 1.54) is 12.1 Å². The molecule has 0 radical (unpaired) electrons. The lowest BCUT2D eigenvalue weighted by atomic mass is 10.0. The maximum Gasteiger partial charge on any atom is 0.227 e. The van der Waals surface area contributed by atoms with Crippen molar-refractivity contribution in [1.82, 2.24) is 24.8 Å². The first-order chi connectivity index (χ1) is 16.2. The van der Waals surface area contributed by atoms with Gasteiger partial charge in [0.15, 0.2) is 0 Å². The standard InChI is InChI=1S/C25H25FN6O/c1-33-22-5-3-2-4-20(22)30-25-28-15-12-21(31-25)24-23(17-6-8-18(26)9-7-17)29-16-32(24)19-10-13-27-14-11-19/h2-9,12,15-16,19,27H,10-11,13-14H2,1H3,(H,28,30,31).